The van der Waals surface area contributed by atoms with Crippen molar-refractivity contribution in [2.75, 3.05) is 18.9 Å². The standard InChI is InChI=1S/C10H17N3O3S/c14-17(15,7-10-2-1-5-16-10)13-4-3-9-6-11-8-12-9/h6,8,10,13H,1-5,7H2,(H,11,12). The summed E-state index contributed by atoms with van der Waals surface area (Å²) in [6.45, 7) is 1.06. The third kappa shape index (κ3) is 4.10. The predicted octanol–water partition coefficient (Wildman–Crippen LogP) is 0.0506. The molecule has 7 heteroatoms. The lowest BCUT2D eigenvalue weighted by molar-refractivity contribution is 0.127. The fraction of sp³-hybridized carbons (Fsp3) is 0.700. The Bertz CT molecular complexity index is 424. The molecule has 1 aromatic heterocycles. The van der Waals surface area contributed by atoms with Gasteiger partial charge in [0.05, 0.1) is 18.2 Å². The van der Waals surface area contributed by atoms with Gasteiger partial charge >= 0.3 is 0 Å². The lowest BCUT2D eigenvalue weighted by Crippen LogP contribution is -2.33. The van der Waals surface area contributed by atoms with Crippen LogP contribution in [0.2, 0.25) is 0 Å². The van der Waals surface area contributed by atoms with Gasteiger partial charge in [-0.25, -0.2) is 18.1 Å². The highest BCUT2D eigenvalue weighted by Gasteiger charge is 2.22. The van der Waals surface area contributed by atoms with Crippen molar-refractivity contribution in [3.8, 4) is 0 Å². The summed E-state index contributed by atoms with van der Waals surface area (Å²) in [4.78, 5) is 6.79. The van der Waals surface area contributed by atoms with Crippen LogP contribution in [0.5, 0.6) is 0 Å². The number of rotatable bonds is 6. The van der Waals surface area contributed by atoms with Crippen molar-refractivity contribution >= 4 is 10.0 Å². The fourth-order valence-corrected chi connectivity index (χ4v) is 3.13. The fourth-order valence-electron chi connectivity index (χ4n) is 1.84. The maximum atomic E-state index is 11.7. The largest absolute Gasteiger partial charge is 0.377 e. The van der Waals surface area contributed by atoms with E-state index in [9.17, 15) is 8.42 Å². The zero-order chi connectivity index (χ0) is 12.1. The van der Waals surface area contributed by atoms with Gasteiger partial charge in [-0.05, 0) is 12.8 Å². The summed E-state index contributed by atoms with van der Waals surface area (Å²) >= 11 is 0. The van der Waals surface area contributed by atoms with E-state index in [4.69, 9.17) is 4.74 Å². The highest BCUT2D eigenvalue weighted by molar-refractivity contribution is 7.89. The lowest BCUT2D eigenvalue weighted by atomic mass is 10.3. The SMILES string of the molecule is O=S(=O)(CC1CCCO1)NCCc1cnc[nH]1. The van der Waals surface area contributed by atoms with E-state index in [1.54, 1.807) is 12.5 Å². The number of imidazole rings is 1. The van der Waals surface area contributed by atoms with Crippen LogP contribution in [0.15, 0.2) is 12.5 Å². The molecule has 1 aromatic rings. The van der Waals surface area contributed by atoms with Crippen molar-refractivity contribution in [3.63, 3.8) is 0 Å². The molecule has 0 aliphatic carbocycles. The number of sulfonamides is 1. The number of hydrogen-bond acceptors (Lipinski definition) is 4. The number of H-pyrrole nitrogens is 1. The number of aromatic nitrogens is 2. The molecule has 1 aliphatic heterocycles. The van der Waals surface area contributed by atoms with E-state index in [0.29, 0.717) is 19.6 Å². The molecule has 2 N–H and O–H groups in total. The van der Waals surface area contributed by atoms with Gasteiger partial charge in [-0.3, -0.25) is 0 Å². The van der Waals surface area contributed by atoms with Crippen molar-refractivity contribution in [3.05, 3.63) is 18.2 Å². The molecule has 17 heavy (non-hydrogen) atoms. The Kier molecular flexibility index (Phi) is 4.14. The van der Waals surface area contributed by atoms with E-state index < -0.39 is 10.0 Å². The number of nitrogens with one attached hydrogen (secondary N) is 2. The Balaban J connectivity index is 1.73. The van der Waals surface area contributed by atoms with Gasteiger partial charge in [-0.1, -0.05) is 0 Å². The minimum absolute atomic E-state index is 0.0655. The molecular formula is C10H17N3O3S. The Morgan fingerprint density at radius 1 is 1.59 bits per heavy atom. The first-order valence-corrected chi connectivity index (χ1v) is 7.37. The van der Waals surface area contributed by atoms with Crippen LogP contribution in [0.4, 0.5) is 0 Å². The normalized spacial score (nSPS) is 20.8. The van der Waals surface area contributed by atoms with Crippen LogP contribution < -0.4 is 4.72 Å². The first-order valence-electron chi connectivity index (χ1n) is 5.72. The van der Waals surface area contributed by atoms with Crippen LogP contribution in [0.1, 0.15) is 18.5 Å². The molecule has 1 fully saturated rings. The van der Waals surface area contributed by atoms with Gasteiger partial charge < -0.3 is 9.72 Å². The zero-order valence-electron chi connectivity index (χ0n) is 9.55. The number of ether oxygens (including phenoxy) is 1. The quantitative estimate of drug-likeness (QED) is 0.756. The topological polar surface area (TPSA) is 84.1 Å². The van der Waals surface area contributed by atoms with Crippen molar-refractivity contribution in [2.45, 2.75) is 25.4 Å². The molecular weight excluding hydrogens is 242 g/mol. The Morgan fingerprint density at radius 2 is 2.47 bits per heavy atom. The third-order valence-corrected chi connectivity index (χ3v) is 4.16. The van der Waals surface area contributed by atoms with Crippen LogP contribution >= 0.6 is 0 Å². The number of aromatic amines is 1. The molecule has 0 amide bonds. The molecule has 0 saturated carbocycles. The first kappa shape index (κ1) is 12.5. The first-order chi connectivity index (χ1) is 8.16. The summed E-state index contributed by atoms with van der Waals surface area (Å²) < 4.78 is 31.3. The molecule has 2 heterocycles. The number of nitrogens with zero attached hydrogens (tertiary/aromatic N) is 1. The average molecular weight is 259 g/mol. The second-order valence-electron chi connectivity index (χ2n) is 4.14. The molecule has 96 valence electrons. The van der Waals surface area contributed by atoms with E-state index in [0.717, 1.165) is 18.5 Å². The van der Waals surface area contributed by atoms with Crippen molar-refractivity contribution in [1.29, 1.82) is 0 Å². The summed E-state index contributed by atoms with van der Waals surface area (Å²) in [6, 6.07) is 0. The van der Waals surface area contributed by atoms with Crippen molar-refractivity contribution in [1.82, 2.24) is 14.7 Å². The second kappa shape index (κ2) is 5.61. The highest BCUT2D eigenvalue weighted by Crippen LogP contribution is 2.13. The molecule has 0 aromatic carbocycles. The highest BCUT2D eigenvalue weighted by atomic mass is 32.2. The Labute approximate surface area is 101 Å². The molecule has 1 aliphatic rings. The van der Waals surface area contributed by atoms with Crippen LogP contribution in [0, 0.1) is 0 Å². The maximum absolute atomic E-state index is 11.7. The van der Waals surface area contributed by atoms with Crippen molar-refractivity contribution < 1.29 is 13.2 Å². The van der Waals surface area contributed by atoms with Gasteiger partial charge in [0, 0.05) is 31.5 Å². The predicted molar refractivity (Wildman–Crippen MR) is 63.1 cm³/mol. The summed E-state index contributed by atoms with van der Waals surface area (Å²) in [6.07, 6.45) is 5.53. The van der Waals surface area contributed by atoms with Gasteiger partial charge in [-0.2, -0.15) is 0 Å². The molecule has 0 spiro atoms. The van der Waals surface area contributed by atoms with Crippen molar-refractivity contribution in [2.24, 2.45) is 0 Å². The monoisotopic (exact) mass is 259 g/mol. The van der Waals surface area contributed by atoms with Gasteiger partial charge in [-0.15, -0.1) is 0 Å². The van der Waals surface area contributed by atoms with E-state index in [1.165, 1.54) is 0 Å². The minimum Gasteiger partial charge on any atom is -0.377 e. The molecule has 0 bridgehead atoms. The Hall–Kier alpha value is -0.920. The summed E-state index contributed by atoms with van der Waals surface area (Å²) in [5.74, 6) is 0.0655. The van der Waals surface area contributed by atoms with E-state index in [-0.39, 0.29) is 11.9 Å². The minimum atomic E-state index is -3.23. The molecule has 1 unspecified atom stereocenters. The van der Waals surface area contributed by atoms with E-state index in [2.05, 4.69) is 14.7 Å². The lowest BCUT2D eigenvalue weighted by Gasteiger charge is -2.10. The van der Waals surface area contributed by atoms with Crippen LogP contribution in [0.3, 0.4) is 0 Å². The smallest absolute Gasteiger partial charge is 0.214 e. The van der Waals surface area contributed by atoms with Gasteiger partial charge in [0.15, 0.2) is 0 Å². The average Bonchev–Trinajstić information content (AvgIpc) is 2.89. The molecule has 6 nitrogen and oxygen atoms in total. The van der Waals surface area contributed by atoms with Gasteiger partial charge in [0.1, 0.15) is 0 Å². The van der Waals surface area contributed by atoms with Crippen LogP contribution in [-0.4, -0.2) is 43.4 Å². The van der Waals surface area contributed by atoms with Crippen LogP contribution in [-0.2, 0) is 21.2 Å². The zero-order valence-corrected chi connectivity index (χ0v) is 10.4. The number of hydrogen-bond donors (Lipinski definition) is 2. The summed E-state index contributed by atoms with van der Waals surface area (Å²) in [7, 11) is -3.23. The van der Waals surface area contributed by atoms with E-state index >= 15 is 0 Å². The Morgan fingerprint density at radius 3 is 3.12 bits per heavy atom. The summed E-state index contributed by atoms with van der Waals surface area (Å²) in [5.41, 5.74) is 0.921. The second-order valence-corrected chi connectivity index (χ2v) is 5.99. The van der Waals surface area contributed by atoms with Gasteiger partial charge in [0.25, 0.3) is 0 Å². The van der Waals surface area contributed by atoms with E-state index in [1.807, 2.05) is 0 Å². The molecule has 1 saturated heterocycles. The summed E-state index contributed by atoms with van der Waals surface area (Å²) in [5, 5.41) is 0. The molecule has 1 atom stereocenters. The third-order valence-electron chi connectivity index (χ3n) is 2.70. The molecule has 2 rings (SSSR count). The molecule has 0 radical (unpaired) electrons. The van der Waals surface area contributed by atoms with Crippen LogP contribution in [0.25, 0.3) is 0 Å². The van der Waals surface area contributed by atoms with Gasteiger partial charge in [0.2, 0.25) is 10.0 Å². The maximum Gasteiger partial charge on any atom is 0.214 e.